The predicted octanol–water partition coefficient (Wildman–Crippen LogP) is 0.813. The van der Waals surface area contributed by atoms with Crippen LogP contribution in [0.2, 0.25) is 0 Å². The summed E-state index contributed by atoms with van der Waals surface area (Å²) in [7, 11) is 0. The normalized spacial score (nSPS) is 9.62. The van der Waals surface area contributed by atoms with Crippen LogP contribution < -0.4 is 5.73 Å². The molecule has 0 aliphatic heterocycles. The van der Waals surface area contributed by atoms with Gasteiger partial charge in [-0.15, -0.1) is 0 Å². The molecule has 0 aromatic heterocycles. The van der Waals surface area contributed by atoms with E-state index in [4.69, 9.17) is 5.73 Å². The molecule has 1 rings (SSSR count). The van der Waals surface area contributed by atoms with Gasteiger partial charge >= 0.3 is 0 Å². The summed E-state index contributed by atoms with van der Waals surface area (Å²) in [5.74, 6) is 0. The Kier molecular flexibility index (Phi) is 3.34. The average molecular weight is 177 g/mol. The van der Waals surface area contributed by atoms with E-state index < -0.39 is 0 Å². The molecule has 0 heterocycles. The minimum absolute atomic E-state index is 0.427. The Morgan fingerprint density at radius 2 is 1.85 bits per heavy atom. The van der Waals surface area contributed by atoms with Crippen LogP contribution in [0.4, 0.5) is 0 Å². The predicted molar refractivity (Wildman–Crippen MR) is 50.0 cm³/mol. The fraction of sp³-hybridized carbons (Fsp3) is 0.200. The molecule has 0 aliphatic rings. The van der Waals surface area contributed by atoms with Crippen molar-refractivity contribution < 1.29 is 9.59 Å². The quantitative estimate of drug-likeness (QED) is 0.692. The molecule has 0 radical (unpaired) electrons. The number of benzene rings is 1. The molecule has 2 N–H and O–H groups in total. The molecule has 0 aliphatic carbocycles. The zero-order valence-electron chi connectivity index (χ0n) is 7.19. The van der Waals surface area contributed by atoms with Crippen molar-refractivity contribution in [2.24, 2.45) is 5.73 Å². The van der Waals surface area contributed by atoms with Gasteiger partial charge < -0.3 is 5.73 Å². The highest BCUT2D eigenvalue weighted by Crippen LogP contribution is 2.08. The van der Waals surface area contributed by atoms with Crippen molar-refractivity contribution >= 4 is 12.6 Å². The molecule has 0 amide bonds. The number of hydrogen-bond acceptors (Lipinski definition) is 3. The van der Waals surface area contributed by atoms with Gasteiger partial charge in [-0.3, -0.25) is 9.59 Å². The third-order valence-corrected chi connectivity index (χ3v) is 1.84. The summed E-state index contributed by atoms with van der Waals surface area (Å²) in [6.07, 6.45) is 2.08. The maximum atomic E-state index is 10.6. The van der Waals surface area contributed by atoms with E-state index in [1.54, 1.807) is 12.1 Å². The highest BCUT2D eigenvalue weighted by Gasteiger charge is 2.01. The van der Waals surface area contributed by atoms with Gasteiger partial charge in [-0.05, 0) is 24.6 Å². The number of aldehydes is 2. The van der Waals surface area contributed by atoms with E-state index in [0.717, 1.165) is 12.0 Å². The first-order valence-electron chi connectivity index (χ1n) is 4.05. The Morgan fingerprint density at radius 3 is 2.38 bits per heavy atom. The summed E-state index contributed by atoms with van der Waals surface area (Å²) in [6.45, 7) is 0.540. The fourth-order valence-electron chi connectivity index (χ4n) is 1.16. The largest absolute Gasteiger partial charge is 0.330 e. The van der Waals surface area contributed by atoms with Crippen molar-refractivity contribution in [3.05, 3.63) is 34.9 Å². The lowest BCUT2D eigenvalue weighted by molar-refractivity contribution is 0.109. The van der Waals surface area contributed by atoms with Crippen molar-refractivity contribution in [1.82, 2.24) is 0 Å². The van der Waals surface area contributed by atoms with Crippen molar-refractivity contribution in [1.29, 1.82) is 0 Å². The molecule has 13 heavy (non-hydrogen) atoms. The van der Waals surface area contributed by atoms with Crippen LogP contribution in [0.3, 0.4) is 0 Å². The second-order valence-corrected chi connectivity index (χ2v) is 2.74. The van der Waals surface area contributed by atoms with Crippen LogP contribution in [0.15, 0.2) is 18.2 Å². The molecule has 1 aromatic rings. The van der Waals surface area contributed by atoms with Crippen molar-refractivity contribution in [2.75, 3.05) is 6.54 Å². The Hall–Kier alpha value is -1.48. The zero-order chi connectivity index (χ0) is 9.68. The van der Waals surface area contributed by atoms with E-state index in [0.29, 0.717) is 30.2 Å². The van der Waals surface area contributed by atoms with Crippen LogP contribution in [0.25, 0.3) is 0 Å². The number of hydrogen-bond donors (Lipinski definition) is 1. The second-order valence-electron chi connectivity index (χ2n) is 2.74. The second kappa shape index (κ2) is 4.52. The smallest absolute Gasteiger partial charge is 0.150 e. The standard InChI is InChI=1S/C10H11NO2/c11-4-3-8-1-2-9(6-12)10(5-8)7-13/h1-2,5-7H,3-4,11H2. The van der Waals surface area contributed by atoms with Crippen LogP contribution in [-0.4, -0.2) is 19.1 Å². The minimum Gasteiger partial charge on any atom is -0.330 e. The number of carbonyl (C=O) groups is 2. The van der Waals surface area contributed by atoms with E-state index >= 15 is 0 Å². The van der Waals surface area contributed by atoms with Crippen LogP contribution in [-0.2, 0) is 6.42 Å². The topological polar surface area (TPSA) is 60.2 Å². The van der Waals surface area contributed by atoms with Gasteiger partial charge in [-0.1, -0.05) is 12.1 Å². The van der Waals surface area contributed by atoms with E-state index in [9.17, 15) is 9.59 Å². The maximum absolute atomic E-state index is 10.6. The van der Waals surface area contributed by atoms with Gasteiger partial charge in [0.15, 0.2) is 12.6 Å². The molecule has 0 saturated heterocycles. The molecule has 0 fully saturated rings. The third-order valence-electron chi connectivity index (χ3n) is 1.84. The Morgan fingerprint density at radius 1 is 1.15 bits per heavy atom. The molecular weight excluding hydrogens is 166 g/mol. The molecule has 1 aromatic carbocycles. The third kappa shape index (κ3) is 2.23. The summed E-state index contributed by atoms with van der Waals surface area (Å²) in [6, 6.07) is 5.15. The first-order chi connectivity index (χ1) is 6.31. The summed E-state index contributed by atoms with van der Waals surface area (Å²) >= 11 is 0. The molecule has 3 heteroatoms. The van der Waals surface area contributed by atoms with Gasteiger partial charge in [0.25, 0.3) is 0 Å². The summed E-state index contributed by atoms with van der Waals surface area (Å²) < 4.78 is 0. The number of carbonyl (C=O) groups excluding carboxylic acids is 2. The van der Waals surface area contributed by atoms with Gasteiger partial charge in [-0.25, -0.2) is 0 Å². The molecule has 3 nitrogen and oxygen atoms in total. The van der Waals surface area contributed by atoms with Gasteiger partial charge in [0, 0.05) is 11.1 Å². The highest BCUT2D eigenvalue weighted by molar-refractivity contribution is 5.90. The maximum Gasteiger partial charge on any atom is 0.150 e. The lowest BCUT2D eigenvalue weighted by atomic mass is 10.0. The molecule has 0 spiro atoms. The van der Waals surface area contributed by atoms with Gasteiger partial charge in [0.1, 0.15) is 0 Å². The SMILES string of the molecule is NCCc1ccc(C=O)c(C=O)c1. The molecule has 0 bridgehead atoms. The molecule has 0 unspecified atom stereocenters. The van der Waals surface area contributed by atoms with Crippen molar-refractivity contribution in [3.8, 4) is 0 Å². The van der Waals surface area contributed by atoms with Crippen molar-refractivity contribution in [2.45, 2.75) is 6.42 Å². The summed E-state index contributed by atoms with van der Waals surface area (Å²) in [5.41, 5.74) is 7.20. The van der Waals surface area contributed by atoms with Crippen LogP contribution in [0, 0.1) is 0 Å². The van der Waals surface area contributed by atoms with E-state index in [2.05, 4.69) is 0 Å². The molecular formula is C10H11NO2. The number of nitrogens with two attached hydrogens (primary N) is 1. The average Bonchev–Trinajstić information content (AvgIpc) is 2.18. The first kappa shape index (κ1) is 9.61. The summed E-state index contributed by atoms with van der Waals surface area (Å²) in [5, 5.41) is 0. The van der Waals surface area contributed by atoms with Gasteiger partial charge in [0.2, 0.25) is 0 Å². The van der Waals surface area contributed by atoms with Gasteiger partial charge in [-0.2, -0.15) is 0 Å². The monoisotopic (exact) mass is 177 g/mol. The molecule has 68 valence electrons. The zero-order valence-corrected chi connectivity index (χ0v) is 7.19. The van der Waals surface area contributed by atoms with Crippen molar-refractivity contribution in [3.63, 3.8) is 0 Å². The summed E-state index contributed by atoms with van der Waals surface area (Å²) in [4.78, 5) is 21.0. The minimum atomic E-state index is 0.427. The fourth-order valence-corrected chi connectivity index (χ4v) is 1.16. The van der Waals surface area contributed by atoms with Gasteiger partial charge in [0.05, 0.1) is 0 Å². The lowest BCUT2D eigenvalue weighted by Crippen LogP contribution is -2.03. The van der Waals surface area contributed by atoms with E-state index in [1.807, 2.05) is 6.07 Å². The molecule has 0 saturated carbocycles. The number of rotatable bonds is 4. The first-order valence-corrected chi connectivity index (χ1v) is 4.05. The van der Waals surface area contributed by atoms with Crippen LogP contribution in [0.5, 0.6) is 0 Å². The Bertz CT molecular complexity index is 321. The van der Waals surface area contributed by atoms with Crippen LogP contribution in [0.1, 0.15) is 26.3 Å². The lowest BCUT2D eigenvalue weighted by Gasteiger charge is -2.01. The highest BCUT2D eigenvalue weighted by atomic mass is 16.1. The Balaban J connectivity index is 3.05. The van der Waals surface area contributed by atoms with Crippen LogP contribution >= 0.6 is 0 Å². The molecule has 0 atom stereocenters. The van der Waals surface area contributed by atoms with E-state index in [1.165, 1.54) is 0 Å². The Labute approximate surface area is 76.6 Å². The van der Waals surface area contributed by atoms with E-state index in [-0.39, 0.29) is 0 Å².